The van der Waals surface area contributed by atoms with E-state index in [-0.39, 0.29) is 24.9 Å². The number of anilines is 1. The van der Waals surface area contributed by atoms with Crippen LogP contribution in [-0.2, 0) is 21.4 Å². The number of fused-ring (bicyclic) bond motifs is 1. The van der Waals surface area contributed by atoms with Crippen LogP contribution in [0.15, 0.2) is 60.7 Å². The number of ketones is 1. The van der Waals surface area contributed by atoms with Gasteiger partial charge in [0.15, 0.2) is 11.5 Å². The molecule has 1 amide bonds. The first-order chi connectivity index (χ1) is 15.0. The van der Waals surface area contributed by atoms with Crippen molar-refractivity contribution in [3.63, 3.8) is 0 Å². The zero-order valence-electron chi connectivity index (χ0n) is 17.2. The second kappa shape index (κ2) is 7.54. The van der Waals surface area contributed by atoms with Crippen LogP contribution in [0.2, 0.25) is 0 Å². The number of Topliss-reactive ketones (excluding diaryl/α,β-unsaturated/α-hetero) is 1. The van der Waals surface area contributed by atoms with E-state index in [1.165, 1.54) is 6.92 Å². The van der Waals surface area contributed by atoms with E-state index in [4.69, 9.17) is 14.5 Å². The number of nitrogens with one attached hydrogen (secondary N) is 1. The van der Waals surface area contributed by atoms with Crippen molar-refractivity contribution in [3.05, 3.63) is 71.9 Å². The molecule has 2 heterocycles. The first kappa shape index (κ1) is 19.3. The molecule has 0 saturated heterocycles. The fraction of sp³-hybridized carbons (Fsp3) is 0.240. The smallest absolute Gasteiger partial charge is 0.231 e. The minimum atomic E-state index is -0.454. The number of ether oxygens (including phenoxy) is 2. The molecule has 0 bridgehead atoms. The molecule has 156 valence electrons. The summed E-state index contributed by atoms with van der Waals surface area (Å²) in [6.07, 6.45) is 1.95. The lowest BCUT2D eigenvalue weighted by atomic mass is 9.88. The monoisotopic (exact) mass is 414 g/mol. The molecule has 1 aliphatic carbocycles. The van der Waals surface area contributed by atoms with Gasteiger partial charge in [0.25, 0.3) is 0 Å². The van der Waals surface area contributed by atoms with Crippen LogP contribution in [0.25, 0.3) is 11.3 Å². The molecule has 0 spiro atoms. The van der Waals surface area contributed by atoms with E-state index in [2.05, 4.69) is 5.32 Å². The molecule has 1 N–H and O–H groups in total. The van der Waals surface area contributed by atoms with Crippen LogP contribution in [-0.4, -0.2) is 23.5 Å². The Bertz CT molecular complexity index is 1180. The lowest BCUT2D eigenvalue weighted by molar-refractivity contribution is -0.121. The van der Waals surface area contributed by atoms with Gasteiger partial charge >= 0.3 is 0 Å². The molecule has 6 heteroatoms. The fourth-order valence-electron chi connectivity index (χ4n) is 4.08. The molecule has 1 aromatic heterocycles. The Kier molecular flexibility index (Phi) is 4.70. The van der Waals surface area contributed by atoms with Gasteiger partial charge in [0, 0.05) is 30.3 Å². The Labute approximate surface area is 180 Å². The van der Waals surface area contributed by atoms with E-state index < -0.39 is 5.41 Å². The standard InChI is InChI=1S/C25H22N2O4/c1-16(28)26-19-5-2-4-17(12-19)21-7-3-6-20(27-21)14-24(29)25(10-11-25)18-8-9-22-23(13-18)31-15-30-22/h2-9,12-13H,10-11,14-15H2,1H3,(H,26,28). The van der Waals surface area contributed by atoms with E-state index in [9.17, 15) is 9.59 Å². The molecule has 1 saturated carbocycles. The number of hydrogen-bond donors (Lipinski definition) is 1. The van der Waals surface area contributed by atoms with Crippen LogP contribution in [0.1, 0.15) is 31.0 Å². The molecule has 1 fully saturated rings. The second-order valence-corrected chi connectivity index (χ2v) is 8.03. The van der Waals surface area contributed by atoms with Crippen molar-refractivity contribution in [1.29, 1.82) is 0 Å². The predicted octanol–water partition coefficient (Wildman–Crippen LogP) is 4.28. The Morgan fingerprint density at radius 3 is 2.61 bits per heavy atom. The SMILES string of the molecule is CC(=O)Nc1cccc(-c2cccc(CC(=O)C3(c4ccc5c(c4)OCO5)CC3)n2)c1. The summed E-state index contributed by atoms with van der Waals surface area (Å²) in [6.45, 7) is 1.70. The summed E-state index contributed by atoms with van der Waals surface area (Å²) < 4.78 is 10.9. The van der Waals surface area contributed by atoms with E-state index >= 15 is 0 Å². The van der Waals surface area contributed by atoms with Crippen molar-refractivity contribution in [2.75, 3.05) is 12.1 Å². The molecule has 5 rings (SSSR count). The maximum absolute atomic E-state index is 13.3. The number of carbonyl (C=O) groups excluding carboxylic acids is 2. The van der Waals surface area contributed by atoms with Crippen LogP contribution in [0.3, 0.4) is 0 Å². The lowest BCUT2D eigenvalue weighted by Gasteiger charge is -2.15. The molecule has 0 atom stereocenters. The molecule has 6 nitrogen and oxygen atoms in total. The van der Waals surface area contributed by atoms with Gasteiger partial charge in [-0.3, -0.25) is 14.6 Å². The van der Waals surface area contributed by atoms with Gasteiger partial charge in [-0.15, -0.1) is 0 Å². The molecule has 3 aromatic rings. The largest absolute Gasteiger partial charge is 0.454 e. The van der Waals surface area contributed by atoms with Gasteiger partial charge in [-0.1, -0.05) is 24.3 Å². The number of hydrogen-bond acceptors (Lipinski definition) is 5. The molecule has 2 aliphatic rings. The molecule has 0 unspecified atom stereocenters. The molecule has 0 radical (unpaired) electrons. The lowest BCUT2D eigenvalue weighted by Crippen LogP contribution is -2.23. The number of rotatable bonds is 6. The number of amides is 1. The third-order valence-corrected chi connectivity index (χ3v) is 5.84. The van der Waals surface area contributed by atoms with Crippen LogP contribution in [0.5, 0.6) is 11.5 Å². The minimum absolute atomic E-state index is 0.122. The molecular formula is C25H22N2O4. The van der Waals surface area contributed by atoms with Crippen molar-refractivity contribution in [3.8, 4) is 22.8 Å². The van der Waals surface area contributed by atoms with Crippen LogP contribution in [0.4, 0.5) is 5.69 Å². The van der Waals surface area contributed by atoms with Gasteiger partial charge in [-0.2, -0.15) is 0 Å². The first-order valence-corrected chi connectivity index (χ1v) is 10.3. The maximum Gasteiger partial charge on any atom is 0.231 e. The summed E-state index contributed by atoms with van der Waals surface area (Å²) in [7, 11) is 0. The van der Waals surface area contributed by atoms with Crippen molar-refractivity contribution < 1.29 is 19.1 Å². The Morgan fingerprint density at radius 2 is 1.81 bits per heavy atom. The second-order valence-electron chi connectivity index (χ2n) is 8.03. The van der Waals surface area contributed by atoms with Crippen LogP contribution in [0, 0.1) is 0 Å². The van der Waals surface area contributed by atoms with Crippen LogP contribution >= 0.6 is 0 Å². The van der Waals surface area contributed by atoms with Crippen LogP contribution < -0.4 is 14.8 Å². The summed E-state index contributed by atoms with van der Waals surface area (Å²) in [5.41, 5.74) is 3.64. The van der Waals surface area contributed by atoms with Gasteiger partial charge in [-0.05, 0) is 54.8 Å². The highest BCUT2D eigenvalue weighted by molar-refractivity contribution is 5.94. The Hall–Kier alpha value is -3.67. The van der Waals surface area contributed by atoms with Crippen molar-refractivity contribution >= 4 is 17.4 Å². The number of pyridine rings is 1. The summed E-state index contributed by atoms with van der Waals surface area (Å²) in [4.78, 5) is 29.3. The summed E-state index contributed by atoms with van der Waals surface area (Å²) in [6, 6.07) is 19.0. The molecule has 31 heavy (non-hydrogen) atoms. The van der Waals surface area contributed by atoms with Crippen molar-refractivity contribution in [1.82, 2.24) is 4.98 Å². The average Bonchev–Trinajstić information content (AvgIpc) is 3.45. The summed E-state index contributed by atoms with van der Waals surface area (Å²) in [5.74, 6) is 1.48. The third kappa shape index (κ3) is 3.77. The summed E-state index contributed by atoms with van der Waals surface area (Å²) in [5, 5.41) is 2.79. The number of benzene rings is 2. The minimum Gasteiger partial charge on any atom is -0.454 e. The predicted molar refractivity (Wildman–Crippen MR) is 116 cm³/mol. The number of aromatic nitrogens is 1. The fourth-order valence-corrected chi connectivity index (χ4v) is 4.08. The highest BCUT2D eigenvalue weighted by Crippen LogP contribution is 2.51. The quantitative estimate of drug-likeness (QED) is 0.651. The van der Waals surface area contributed by atoms with E-state index in [0.717, 1.165) is 41.1 Å². The first-order valence-electron chi connectivity index (χ1n) is 10.3. The topological polar surface area (TPSA) is 77.5 Å². The van der Waals surface area contributed by atoms with Crippen molar-refractivity contribution in [2.45, 2.75) is 31.6 Å². The normalized spacial score (nSPS) is 15.4. The van der Waals surface area contributed by atoms with Gasteiger partial charge in [0.1, 0.15) is 5.78 Å². The number of nitrogens with zero attached hydrogens (tertiary/aromatic N) is 1. The molecule has 1 aliphatic heterocycles. The highest BCUT2D eigenvalue weighted by Gasteiger charge is 2.50. The maximum atomic E-state index is 13.3. The van der Waals surface area contributed by atoms with Gasteiger partial charge in [0.2, 0.25) is 12.7 Å². The van der Waals surface area contributed by atoms with Gasteiger partial charge in [0.05, 0.1) is 11.1 Å². The van der Waals surface area contributed by atoms with Gasteiger partial charge < -0.3 is 14.8 Å². The molecular weight excluding hydrogens is 392 g/mol. The van der Waals surface area contributed by atoms with E-state index in [1.54, 1.807) is 0 Å². The zero-order valence-corrected chi connectivity index (χ0v) is 17.2. The Balaban J connectivity index is 1.36. The number of carbonyl (C=O) groups is 2. The summed E-state index contributed by atoms with van der Waals surface area (Å²) >= 11 is 0. The Morgan fingerprint density at radius 1 is 1.00 bits per heavy atom. The molecule has 2 aromatic carbocycles. The van der Waals surface area contributed by atoms with E-state index in [1.807, 2.05) is 60.7 Å². The van der Waals surface area contributed by atoms with E-state index in [0.29, 0.717) is 11.4 Å². The zero-order chi connectivity index (χ0) is 21.4. The van der Waals surface area contributed by atoms with Gasteiger partial charge in [-0.25, -0.2) is 0 Å². The van der Waals surface area contributed by atoms with Crippen molar-refractivity contribution in [2.24, 2.45) is 0 Å². The average molecular weight is 414 g/mol. The highest BCUT2D eigenvalue weighted by atomic mass is 16.7. The third-order valence-electron chi connectivity index (χ3n) is 5.84.